The molecule has 1 aliphatic heterocycles. The van der Waals surface area contributed by atoms with Gasteiger partial charge in [0.05, 0.1) is 19.3 Å². The highest BCUT2D eigenvalue weighted by atomic mass is 16.5. The lowest BCUT2D eigenvalue weighted by Gasteiger charge is -2.32. The van der Waals surface area contributed by atoms with Crippen LogP contribution >= 0.6 is 0 Å². The maximum Gasteiger partial charge on any atom is 0.0841 e. The molecule has 1 saturated heterocycles. The number of aliphatic hydroxyl groups is 1. The van der Waals surface area contributed by atoms with Gasteiger partial charge in [0, 0.05) is 38.4 Å². The quantitative estimate of drug-likeness (QED) is 0.867. The first kappa shape index (κ1) is 16.3. The Morgan fingerprint density at radius 3 is 2.62 bits per heavy atom. The highest BCUT2D eigenvalue weighted by Gasteiger charge is 2.18. The van der Waals surface area contributed by atoms with E-state index in [-0.39, 0.29) is 6.10 Å². The molecule has 1 aromatic rings. The number of likely N-dealkylation sites (N-methyl/N-ethyl adjacent to an activating group) is 1. The standard InChI is InChI=1S/C17H28N2O2/c1-4-19(17-6-5-14(2)11-15(17)3)13-16(20)12-18-7-9-21-10-8-18/h5-6,11,16,20H,4,7-10,12-13H2,1-3H3. The van der Waals surface area contributed by atoms with Crippen LogP contribution in [0.2, 0.25) is 0 Å². The summed E-state index contributed by atoms with van der Waals surface area (Å²) in [7, 11) is 0. The number of hydrogen-bond donors (Lipinski definition) is 1. The lowest BCUT2D eigenvalue weighted by atomic mass is 10.1. The van der Waals surface area contributed by atoms with Crippen LogP contribution in [0, 0.1) is 13.8 Å². The Hall–Kier alpha value is -1.10. The molecule has 0 aliphatic carbocycles. The Labute approximate surface area is 128 Å². The molecule has 21 heavy (non-hydrogen) atoms. The predicted molar refractivity (Wildman–Crippen MR) is 87.1 cm³/mol. The summed E-state index contributed by atoms with van der Waals surface area (Å²) in [5.74, 6) is 0. The monoisotopic (exact) mass is 292 g/mol. The number of rotatable bonds is 6. The number of ether oxygens (including phenoxy) is 1. The smallest absolute Gasteiger partial charge is 0.0841 e. The molecule has 1 atom stereocenters. The van der Waals surface area contributed by atoms with Gasteiger partial charge in [0.1, 0.15) is 0 Å². The van der Waals surface area contributed by atoms with Crippen molar-refractivity contribution in [2.75, 3.05) is 50.8 Å². The third-order valence-corrected chi connectivity index (χ3v) is 4.08. The number of anilines is 1. The highest BCUT2D eigenvalue weighted by Crippen LogP contribution is 2.21. The first-order valence-corrected chi connectivity index (χ1v) is 7.90. The van der Waals surface area contributed by atoms with Gasteiger partial charge in [-0.2, -0.15) is 0 Å². The third kappa shape index (κ3) is 4.70. The van der Waals surface area contributed by atoms with E-state index in [0.29, 0.717) is 6.54 Å². The van der Waals surface area contributed by atoms with Crippen LogP contribution in [0.1, 0.15) is 18.1 Å². The molecule has 2 rings (SSSR count). The van der Waals surface area contributed by atoms with Crippen LogP contribution in [0.4, 0.5) is 5.69 Å². The minimum absolute atomic E-state index is 0.330. The molecule has 0 aromatic heterocycles. The summed E-state index contributed by atoms with van der Waals surface area (Å²) < 4.78 is 5.35. The van der Waals surface area contributed by atoms with Gasteiger partial charge in [-0.25, -0.2) is 0 Å². The summed E-state index contributed by atoms with van der Waals surface area (Å²) in [6.45, 7) is 12.1. The molecule has 1 aromatic carbocycles. The van der Waals surface area contributed by atoms with E-state index < -0.39 is 0 Å². The summed E-state index contributed by atoms with van der Waals surface area (Å²) in [5.41, 5.74) is 3.78. The average molecular weight is 292 g/mol. The maximum atomic E-state index is 10.4. The second kappa shape index (κ2) is 7.78. The molecular formula is C17H28N2O2. The van der Waals surface area contributed by atoms with Crippen molar-refractivity contribution in [3.05, 3.63) is 29.3 Å². The van der Waals surface area contributed by atoms with Crippen LogP contribution in [0.3, 0.4) is 0 Å². The first-order chi connectivity index (χ1) is 10.1. The predicted octanol–water partition coefficient (Wildman–Crippen LogP) is 1.82. The molecule has 1 N–H and O–H groups in total. The Morgan fingerprint density at radius 2 is 2.00 bits per heavy atom. The van der Waals surface area contributed by atoms with Crippen molar-refractivity contribution in [3.8, 4) is 0 Å². The molecule has 0 bridgehead atoms. The van der Waals surface area contributed by atoms with Gasteiger partial charge in [0.2, 0.25) is 0 Å². The zero-order valence-electron chi connectivity index (χ0n) is 13.5. The van der Waals surface area contributed by atoms with Gasteiger partial charge in [0.15, 0.2) is 0 Å². The van der Waals surface area contributed by atoms with E-state index in [1.54, 1.807) is 0 Å². The lowest BCUT2D eigenvalue weighted by Crippen LogP contribution is -2.44. The number of morpholine rings is 1. The van der Waals surface area contributed by atoms with Crippen LogP contribution in [-0.4, -0.2) is 62.0 Å². The summed E-state index contributed by atoms with van der Waals surface area (Å²) in [5, 5.41) is 10.4. The topological polar surface area (TPSA) is 35.9 Å². The molecular weight excluding hydrogens is 264 g/mol. The Kier molecular flexibility index (Phi) is 6.03. The number of benzene rings is 1. The summed E-state index contributed by atoms with van der Waals surface area (Å²) >= 11 is 0. The lowest BCUT2D eigenvalue weighted by molar-refractivity contribution is 0.0161. The van der Waals surface area contributed by atoms with Crippen molar-refractivity contribution in [3.63, 3.8) is 0 Å². The molecule has 1 fully saturated rings. The van der Waals surface area contributed by atoms with E-state index in [1.807, 2.05) is 0 Å². The highest BCUT2D eigenvalue weighted by molar-refractivity contribution is 5.54. The molecule has 4 nitrogen and oxygen atoms in total. The molecule has 0 radical (unpaired) electrons. The maximum absolute atomic E-state index is 10.4. The molecule has 0 spiro atoms. The van der Waals surface area contributed by atoms with Crippen molar-refractivity contribution in [1.82, 2.24) is 4.90 Å². The number of hydrogen-bond acceptors (Lipinski definition) is 4. The molecule has 0 saturated carbocycles. The van der Waals surface area contributed by atoms with E-state index in [0.717, 1.165) is 39.4 Å². The molecule has 118 valence electrons. The van der Waals surface area contributed by atoms with Crippen LogP contribution in [0.5, 0.6) is 0 Å². The fraction of sp³-hybridized carbons (Fsp3) is 0.647. The fourth-order valence-electron chi connectivity index (χ4n) is 2.95. The molecule has 4 heteroatoms. The van der Waals surface area contributed by atoms with Crippen molar-refractivity contribution < 1.29 is 9.84 Å². The van der Waals surface area contributed by atoms with Gasteiger partial charge in [-0.1, -0.05) is 17.7 Å². The minimum Gasteiger partial charge on any atom is -0.390 e. The van der Waals surface area contributed by atoms with Crippen LogP contribution < -0.4 is 4.90 Å². The Morgan fingerprint density at radius 1 is 1.29 bits per heavy atom. The van der Waals surface area contributed by atoms with Gasteiger partial charge in [0.25, 0.3) is 0 Å². The van der Waals surface area contributed by atoms with E-state index in [4.69, 9.17) is 4.74 Å². The molecule has 1 aliphatic rings. The van der Waals surface area contributed by atoms with Crippen molar-refractivity contribution in [1.29, 1.82) is 0 Å². The Bertz CT molecular complexity index is 444. The van der Waals surface area contributed by atoms with Crippen molar-refractivity contribution in [2.24, 2.45) is 0 Å². The van der Waals surface area contributed by atoms with E-state index in [2.05, 4.69) is 48.8 Å². The SMILES string of the molecule is CCN(CC(O)CN1CCOCC1)c1ccc(C)cc1C. The van der Waals surface area contributed by atoms with E-state index in [9.17, 15) is 5.11 Å². The number of nitrogens with zero attached hydrogens (tertiary/aromatic N) is 2. The fourth-order valence-corrected chi connectivity index (χ4v) is 2.95. The van der Waals surface area contributed by atoms with Gasteiger partial charge in [-0.3, -0.25) is 4.90 Å². The molecule has 1 unspecified atom stereocenters. The van der Waals surface area contributed by atoms with E-state index in [1.165, 1.54) is 16.8 Å². The molecule has 1 heterocycles. The summed E-state index contributed by atoms with van der Waals surface area (Å²) in [6.07, 6.45) is -0.330. The van der Waals surface area contributed by atoms with E-state index >= 15 is 0 Å². The summed E-state index contributed by atoms with van der Waals surface area (Å²) in [6, 6.07) is 6.50. The third-order valence-electron chi connectivity index (χ3n) is 4.08. The van der Waals surface area contributed by atoms with Gasteiger partial charge in [-0.15, -0.1) is 0 Å². The van der Waals surface area contributed by atoms with Gasteiger partial charge in [-0.05, 0) is 32.4 Å². The zero-order valence-corrected chi connectivity index (χ0v) is 13.5. The molecule has 0 amide bonds. The first-order valence-electron chi connectivity index (χ1n) is 7.90. The number of aryl methyl sites for hydroxylation is 2. The van der Waals surface area contributed by atoms with Crippen LogP contribution in [-0.2, 0) is 4.74 Å². The normalized spacial score (nSPS) is 17.7. The minimum atomic E-state index is -0.330. The number of aliphatic hydroxyl groups excluding tert-OH is 1. The average Bonchev–Trinajstić information content (AvgIpc) is 2.46. The second-order valence-electron chi connectivity index (χ2n) is 5.90. The van der Waals surface area contributed by atoms with Crippen molar-refractivity contribution >= 4 is 5.69 Å². The van der Waals surface area contributed by atoms with Crippen molar-refractivity contribution in [2.45, 2.75) is 26.9 Å². The number of β-amino-alcohol motifs (C(OH)–C–C–N with tert-alkyl or cyclic N) is 1. The Balaban J connectivity index is 1.94. The largest absolute Gasteiger partial charge is 0.390 e. The zero-order chi connectivity index (χ0) is 15.2. The van der Waals surface area contributed by atoms with Gasteiger partial charge < -0.3 is 14.7 Å². The van der Waals surface area contributed by atoms with Crippen LogP contribution in [0.15, 0.2) is 18.2 Å². The second-order valence-corrected chi connectivity index (χ2v) is 5.90. The summed E-state index contributed by atoms with van der Waals surface area (Å²) in [4.78, 5) is 4.55. The van der Waals surface area contributed by atoms with Crippen LogP contribution in [0.25, 0.3) is 0 Å². The van der Waals surface area contributed by atoms with Gasteiger partial charge >= 0.3 is 0 Å².